The summed E-state index contributed by atoms with van der Waals surface area (Å²) in [5.41, 5.74) is 1.80. The first-order chi connectivity index (χ1) is 13.2. The molecule has 0 radical (unpaired) electrons. The number of ether oxygens (including phenoxy) is 2. The van der Waals surface area contributed by atoms with E-state index in [4.69, 9.17) is 9.47 Å². The lowest BCUT2D eigenvalue weighted by Crippen LogP contribution is -2.35. The molecule has 0 bridgehead atoms. The van der Waals surface area contributed by atoms with Crippen molar-refractivity contribution in [2.75, 3.05) is 32.6 Å². The van der Waals surface area contributed by atoms with Gasteiger partial charge < -0.3 is 19.7 Å². The average Bonchev–Trinajstić information content (AvgIpc) is 2.67. The van der Waals surface area contributed by atoms with Crippen molar-refractivity contribution in [1.82, 2.24) is 4.90 Å². The molecular weight excluding hydrogens is 356 g/mol. The number of rotatable bonds is 6. The molecule has 0 saturated carbocycles. The summed E-state index contributed by atoms with van der Waals surface area (Å²) in [6.45, 7) is 7.15. The molecule has 0 aliphatic rings. The number of anilines is 1. The van der Waals surface area contributed by atoms with Crippen molar-refractivity contribution in [3.63, 3.8) is 0 Å². The molecule has 28 heavy (non-hydrogen) atoms. The monoisotopic (exact) mass is 384 g/mol. The lowest BCUT2D eigenvalue weighted by atomic mass is 9.86. The van der Waals surface area contributed by atoms with Crippen molar-refractivity contribution in [3.05, 3.63) is 59.7 Å². The van der Waals surface area contributed by atoms with Crippen molar-refractivity contribution in [1.29, 1.82) is 0 Å². The van der Waals surface area contributed by atoms with E-state index in [1.165, 1.54) is 12.0 Å². The second kappa shape index (κ2) is 9.26. The third kappa shape index (κ3) is 5.49. The average molecular weight is 384 g/mol. The molecule has 0 aliphatic carbocycles. The van der Waals surface area contributed by atoms with Gasteiger partial charge in [-0.25, -0.2) is 9.59 Å². The van der Waals surface area contributed by atoms with Gasteiger partial charge >= 0.3 is 12.0 Å². The number of benzene rings is 2. The van der Waals surface area contributed by atoms with Crippen LogP contribution in [0.25, 0.3) is 0 Å². The molecule has 2 amide bonds. The van der Waals surface area contributed by atoms with E-state index in [0.717, 1.165) is 11.3 Å². The quantitative estimate of drug-likeness (QED) is 0.754. The van der Waals surface area contributed by atoms with Crippen LogP contribution in [0.1, 0.15) is 36.7 Å². The van der Waals surface area contributed by atoms with E-state index in [2.05, 4.69) is 32.2 Å². The summed E-state index contributed by atoms with van der Waals surface area (Å²) >= 11 is 0. The number of carbonyl (C=O) groups is 2. The maximum Gasteiger partial charge on any atom is 0.339 e. The van der Waals surface area contributed by atoms with Gasteiger partial charge in [0, 0.05) is 7.05 Å². The molecule has 0 heterocycles. The molecule has 0 fully saturated rings. The van der Waals surface area contributed by atoms with Crippen LogP contribution in [-0.4, -0.2) is 44.2 Å². The zero-order valence-electron chi connectivity index (χ0n) is 17.1. The molecule has 1 N–H and O–H groups in total. The highest BCUT2D eigenvalue weighted by Crippen LogP contribution is 2.30. The predicted octanol–water partition coefficient (Wildman–Crippen LogP) is 4.31. The Morgan fingerprint density at radius 3 is 2.36 bits per heavy atom. The van der Waals surface area contributed by atoms with Crippen LogP contribution >= 0.6 is 0 Å². The molecule has 0 spiro atoms. The van der Waals surface area contributed by atoms with Gasteiger partial charge in [-0.3, -0.25) is 0 Å². The number of amides is 2. The Morgan fingerprint density at radius 1 is 1.04 bits per heavy atom. The molecule has 0 aliphatic heterocycles. The van der Waals surface area contributed by atoms with Crippen LogP contribution in [0.4, 0.5) is 10.5 Å². The van der Waals surface area contributed by atoms with Crippen molar-refractivity contribution >= 4 is 17.7 Å². The van der Waals surface area contributed by atoms with Crippen LogP contribution in [0, 0.1) is 0 Å². The SMILES string of the molecule is COC(=O)c1ccccc1NC(=O)N(C)CCOc1ccccc1C(C)(C)C. The van der Waals surface area contributed by atoms with Gasteiger partial charge in [-0.2, -0.15) is 0 Å². The van der Waals surface area contributed by atoms with Crippen molar-refractivity contribution in [2.45, 2.75) is 26.2 Å². The van der Waals surface area contributed by atoms with Gasteiger partial charge in [0.05, 0.1) is 24.9 Å². The van der Waals surface area contributed by atoms with E-state index in [9.17, 15) is 9.59 Å². The summed E-state index contributed by atoms with van der Waals surface area (Å²) in [4.78, 5) is 25.8. The number of methoxy groups -OCH3 is 1. The van der Waals surface area contributed by atoms with Crippen LogP contribution in [0.15, 0.2) is 48.5 Å². The molecule has 0 unspecified atom stereocenters. The predicted molar refractivity (Wildman–Crippen MR) is 110 cm³/mol. The highest BCUT2D eigenvalue weighted by Gasteiger charge is 2.19. The Morgan fingerprint density at radius 2 is 1.68 bits per heavy atom. The standard InChI is InChI=1S/C22H28N2O4/c1-22(2,3)17-11-7-9-13-19(17)28-15-14-24(4)21(26)23-18-12-8-6-10-16(18)20(25)27-5/h6-13H,14-15H2,1-5H3,(H,23,26). The van der Waals surface area contributed by atoms with Crippen LogP contribution in [0.3, 0.4) is 0 Å². The van der Waals surface area contributed by atoms with Gasteiger partial charge in [-0.1, -0.05) is 51.1 Å². The minimum atomic E-state index is -0.499. The minimum absolute atomic E-state index is 0.0303. The van der Waals surface area contributed by atoms with Gasteiger partial charge in [0.25, 0.3) is 0 Å². The van der Waals surface area contributed by atoms with Crippen molar-refractivity contribution in [2.24, 2.45) is 0 Å². The van der Waals surface area contributed by atoms with Crippen LogP contribution in [0.5, 0.6) is 5.75 Å². The Hall–Kier alpha value is -3.02. The summed E-state index contributed by atoms with van der Waals surface area (Å²) in [6, 6.07) is 14.3. The summed E-state index contributed by atoms with van der Waals surface area (Å²) < 4.78 is 10.7. The van der Waals surface area contributed by atoms with Crippen molar-refractivity contribution < 1.29 is 19.1 Å². The molecule has 2 aromatic rings. The number of carbonyl (C=O) groups excluding carboxylic acids is 2. The topological polar surface area (TPSA) is 67.9 Å². The molecule has 0 atom stereocenters. The van der Waals surface area contributed by atoms with E-state index in [-0.39, 0.29) is 11.4 Å². The molecular formula is C22H28N2O4. The number of hydrogen-bond donors (Lipinski definition) is 1. The first-order valence-electron chi connectivity index (χ1n) is 9.16. The number of esters is 1. The van der Waals surface area contributed by atoms with Crippen LogP contribution < -0.4 is 10.1 Å². The lowest BCUT2D eigenvalue weighted by Gasteiger charge is -2.24. The van der Waals surface area contributed by atoms with Gasteiger partial charge in [0.2, 0.25) is 0 Å². The van der Waals surface area contributed by atoms with Crippen LogP contribution in [-0.2, 0) is 10.2 Å². The van der Waals surface area contributed by atoms with Gasteiger partial charge in [0.1, 0.15) is 12.4 Å². The first-order valence-corrected chi connectivity index (χ1v) is 9.16. The second-order valence-electron chi connectivity index (χ2n) is 7.48. The number of para-hydroxylation sites is 2. The molecule has 2 rings (SSSR count). The summed E-state index contributed by atoms with van der Waals surface area (Å²) in [5, 5.41) is 2.74. The fourth-order valence-electron chi connectivity index (χ4n) is 2.70. The van der Waals surface area contributed by atoms with Gasteiger partial charge in [0.15, 0.2) is 0 Å². The molecule has 6 heteroatoms. The number of likely N-dealkylation sites (N-methyl/N-ethyl adjacent to an activating group) is 1. The molecule has 2 aromatic carbocycles. The number of hydrogen-bond acceptors (Lipinski definition) is 4. The van der Waals surface area contributed by atoms with Gasteiger partial charge in [-0.15, -0.1) is 0 Å². The normalized spacial score (nSPS) is 10.9. The Kier molecular flexibility index (Phi) is 7.04. The third-order valence-electron chi connectivity index (χ3n) is 4.30. The van der Waals surface area contributed by atoms with Gasteiger partial charge in [-0.05, 0) is 29.2 Å². The lowest BCUT2D eigenvalue weighted by molar-refractivity contribution is 0.0602. The van der Waals surface area contributed by atoms with E-state index in [0.29, 0.717) is 24.4 Å². The number of nitrogens with zero attached hydrogens (tertiary/aromatic N) is 1. The summed E-state index contributed by atoms with van der Waals surface area (Å²) in [6.07, 6.45) is 0. The largest absolute Gasteiger partial charge is 0.491 e. The Labute approximate surface area is 166 Å². The Bertz CT molecular complexity index is 827. The fraction of sp³-hybridized carbons (Fsp3) is 0.364. The number of urea groups is 1. The maximum absolute atomic E-state index is 12.5. The van der Waals surface area contributed by atoms with E-state index in [1.807, 2.05) is 18.2 Å². The molecule has 0 saturated heterocycles. The third-order valence-corrected chi connectivity index (χ3v) is 4.30. The first kappa shape index (κ1) is 21.3. The molecule has 0 aromatic heterocycles. The maximum atomic E-state index is 12.5. The highest BCUT2D eigenvalue weighted by atomic mass is 16.5. The van der Waals surface area contributed by atoms with Crippen LogP contribution in [0.2, 0.25) is 0 Å². The molecule has 6 nitrogen and oxygen atoms in total. The summed E-state index contributed by atoms with van der Waals surface area (Å²) in [7, 11) is 2.98. The zero-order chi connectivity index (χ0) is 20.7. The highest BCUT2D eigenvalue weighted by molar-refractivity contribution is 6.00. The summed E-state index contributed by atoms with van der Waals surface area (Å²) in [5.74, 6) is 0.320. The van der Waals surface area contributed by atoms with E-state index >= 15 is 0 Å². The smallest absolute Gasteiger partial charge is 0.339 e. The Balaban J connectivity index is 1.95. The van der Waals surface area contributed by atoms with E-state index in [1.54, 1.807) is 31.3 Å². The fourth-order valence-corrected chi connectivity index (χ4v) is 2.70. The zero-order valence-corrected chi connectivity index (χ0v) is 17.1. The number of nitrogens with one attached hydrogen (secondary N) is 1. The minimum Gasteiger partial charge on any atom is -0.491 e. The van der Waals surface area contributed by atoms with Crippen molar-refractivity contribution in [3.8, 4) is 5.75 Å². The molecule has 150 valence electrons. The van der Waals surface area contributed by atoms with E-state index < -0.39 is 5.97 Å². The second-order valence-corrected chi connectivity index (χ2v) is 7.48.